The van der Waals surface area contributed by atoms with E-state index in [1.807, 2.05) is 19.9 Å². The number of carbonyl (C=O) groups is 5. The number of hydrogen-bond donors (Lipinski definition) is 2. The number of rotatable bonds is 6. The standard InChI is InChI=1S/C34H38N2O8/c1-22(2)19-30-34(41)43-29(28(37)18-15-24-9-6-5-7-10-24)11-8-12-31(38)36-27(20-25-13-16-26(42-4)17-14-25)32(39)35-21-23(3)33(40)44-30/h5-10,12-14,16-17,22-23,27,29-30H,11,19-21H2,1-4H3,(H,35,39)(H,36,38)/b12-8+/t23-,27+,29-,30-/m0/s1. The molecule has 0 saturated carbocycles. The highest BCUT2D eigenvalue weighted by molar-refractivity contribution is 6.01. The molecule has 0 aromatic heterocycles. The molecule has 0 aliphatic carbocycles. The van der Waals surface area contributed by atoms with Crippen LogP contribution in [-0.4, -0.2) is 61.4 Å². The lowest BCUT2D eigenvalue weighted by atomic mass is 10.0. The Morgan fingerprint density at radius 1 is 1.00 bits per heavy atom. The van der Waals surface area contributed by atoms with Crippen molar-refractivity contribution in [3.8, 4) is 17.6 Å². The lowest BCUT2D eigenvalue weighted by Crippen LogP contribution is -2.49. The first-order valence-corrected chi connectivity index (χ1v) is 14.4. The van der Waals surface area contributed by atoms with Gasteiger partial charge in [0.1, 0.15) is 11.8 Å². The molecule has 0 unspecified atom stereocenters. The predicted octanol–water partition coefficient (Wildman–Crippen LogP) is 2.93. The van der Waals surface area contributed by atoms with Gasteiger partial charge in [-0.3, -0.25) is 19.2 Å². The molecule has 44 heavy (non-hydrogen) atoms. The van der Waals surface area contributed by atoms with Gasteiger partial charge in [-0.15, -0.1) is 0 Å². The van der Waals surface area contributed by atoms with Crippen LogP contribution in [0.1, 0.15) is 44.7 Å². The molecule has 2 N–H and O–H groups in total. The summed E-state index contributed by atoms with van der Waals surface area (Å²) in [5.74, 6) is 1.63. The molecule has 0 fully saturated rings. The van der Waals surface area contributed by atoms with Crippen molar-refractivity contribution in [2.45, 2.75) is 58.3 Å². The van der Waals surface area contributed by atoms with Crippen LogP contribution in [-0.2, 0) is 39.9 Å². The molecule has 1 aliphatic heterocycles. The monoisotopic (exact) mass is 602 g/mol. The Morgan fingerprint density at radius 2 is 1.70 bits per heavy atom. The van der Waals surface area contributed by atoms with Crippen LogP contribution >= 0.6 is 0 Å². The van der Waals surface area contributed by atoms with Crippen LogP contribution in [0.4, 0.5) is 0 Å². The average Bonchev–Trinajstić information content (AvgIpc) is 3.01. The maximum absolute atomic E-state index is 13.2. The number of benzene rings is 2. The van der Waals surface area contributed by atoms with Crippen molar-refractivity contribution in [2.75, 3.05) is 13.7 Å². The van der Waals surface area contributed by atoms with E-state index >= 15 is 0 Å². The summed E-state index contributed by atoms with van der Waals surface area (Å²) in [7, 11) is 1.54. The van der Waals surface area contributed by atoms with Crippen molar-refractivity contribution in [1.82, 2.24) is 10.6 Å². The Labute approximate surface area is 257 Å². The molecule has 10 nitrogen and oxygen atoms in total. The Kier molecular flexibility index (Phi) is 12.7. The third-order valence-electron chi connectivity index (χ3n) is 6.70. The summed E-state index contributed by atoms with van der Waals surface area (Å²) in [6, 6.07) is 14.9. The first kappa shape index (κ1) is 33.6. The minimum absolute atomic E-state index is 0.0460. The van der Waals surface area contributed by atoms with Crippen LogP contribution in [0.15, 0.2) is 66.7 Å². The topological polar surface area (TPSA) is 137 Å². The summed E-state index contributed by atoms with van der Waals surface area (Å²) in [6.45, 7) is 5.15. The number of hydrogen-bond acceptors (Lipinski definition) is 8. The maximum Gasteiger partial charge on any atom is 0.348 e. The van der Waals surface area contributed by atoms with E-state index in [0.29, 0.717) is 11.3 Å². The van der Waals surface area contributed by atoms with E-state index in [0.717, 1.165) is 5.56 Å². The van der Waals surface area contributed by atoms with Gasteiger partial charge in [0.05, 0.1) is 13.0 Å². The molecule has 3 rings (SSSR count). The van der Waals surface area contributed by atoms with Gasteiger partial charge >= 0.3 is 11.9 Å². The molecule has 10 heteroatoms. The molecule has 0 spiro atoms. The van der Waals surface area contributed by atoms with E-state index in [1.165, 1.54) is 12.2 Å². The van der Waals surface area contributed by atoms with Gasteiger partial charge < -0.3 is 24.8 Å². The summed E-state index contributed by atoms with van der Waals surface area (Å²) in [4.78, 5) is 65.2. The Hall–Kier alpha value is -4.91. The largest absolute Gasteiger partial charge is 0.497 e. The molecule has 2 aromatic rings. The molecule has 2 amide bonds. The molecule has 1 heterocycles. The summed E-state index contributed by atoms with van der Waals surface area (Å²) in [5, 5.41) is 5.37. The number of amides is 2. The highest BCUT2D eigenvalue weighted by Gasteiger charge is 2.32. The van der Waals surface area contributed by atoms with E-state index in [1.54, 1.807) is 62.6 Å². The fourth-order valence-corrected chi connectivity index (χ4v) is 4.22. The zero-order valence-electron chi connectivity index (χ0n) is 25.3. The third-order valence-corrected chi connectivity index (χ3v) is 6.70. The number of nitrogens with one attached hydrogen (secondary N) is 2. The number of ether oxygens (including phenoxy) is 3. The van der Waals surface area contributed by atoms with Crippen LogP contribution in [0.25, 0.3) is 0 Å². The number of carbonyl (C=O) groups excluding carboxylic acids is 5. The number of Topliss-reactive ketones (excluding diaryl/α,β-unsaturated/α-hetero) is 1. The van der Waals surface area contributed by atoms with Gasteiger partial charge in [0.25, 0.3) is 0 Å². The Balaban J connectivity index is 1.90. The molecule has 1 aliphatic rings. The Morgan fingerprint density at radius 3 is 2.36 bits per heavy atom. The van der Waals surface area contributed by atoms with Gasteiger partial charge in [-0.05, 0) is 54.2 Å². The lowest BCUT2D eigenvalue weighted by Gasteiger charge is -2.23. The van der Waals surface area contributed by atoms with E-state index < -0.39 is 53.7 Å². The summed E-state index contributed by atoms with van der Waals surface area (Å²) in [5.41, 5.74) is 1.36. The fourth-order valence-electron chi connectivity index (χ4n) is 4.22. The number of methoxy groups -OCH3 is 1. The van der Waals surface area contributed by atoms with E-state index in [4.69, 9.17) is 14.2 Å². The van der Waals surface area contributed by atoms with E-state index in [2.05, 4.69) is 22.5 Å². The average molecular weight is 603 g/mol. The molecule has 0 radical (unpaired) electrons. The normalized spacial score (nSPS) is 22.4. The third kappa shape index (κ3) is 10.7. The molecule has 0 bridgehead atoms. The molecular formula is C34H38N2O8. The lowest BCUT2D eigenvalue weighted by molar-refractivity contribution is -0.175. The molecule has 0 saturated heterocycles. The van der Waals surface area contributed by atoms with Crippen LogP contribution in [0.3, 0.4) is 0 Å². The fraction of sp³-hybridized carbons (Fsp3) is 0.382. The second kappa shape index (κ2) is 16.7. The number of cyclic esters (lactones) is 2. The smallest absolute Gasteiger partial charge is 0.348 e. The molecular weight excluding hydrogens is 564 g/mol. The predicted molar refractivity (Wildman–Crippen MR) is 162 cm³/mol. The zero-order chi connectivity index (χ0) is 32.1. The van der Waals surface area contributed by atoms with Crippen LogP contribution < -0.4 is 15.4 Å². The highest BCUT2D eigenvalue weighted by atomic mass is 16.6. The van der Waals surface area contributed by atoms with Crippen molar-refractivity contribution in [2.24, 2.45) is 11.8 Å². The number of ketones is 1. The summed E-state index contributed by atoms with van der Waals surface area (Å²) >= 11 is 0. The van der Waals surface area contributed by atoms with E-state index in [-0.39, 0.29) is 31.7 Å². The van der Waals surface area contributed by atoms with Crippen LogP contribution in [0.2, 0.25) is 0 Å². The summed E-state index contributed by atoms with van der Waals surface area (Å²) < 4.78 is 16.3. The van der Waals surface area contributed by atoms with Gasteiger partial charge in [-0.25, -0.2) is 4.79 Å². The quantitative estimate of drug-likeness (QED) is 0.381. The second-order valence-electron chi connectivity index (χ2n) is 10.9. The zero-order valence-corrected chi connectivity index (χ0v) is 25.3. The minimum atomic E-state index is -1.36. The highest BCUT2D eigenvalue weighted by Crippen LogP contribution is 2.16. The molecule has 232 valence electrons. The first-order chi connectivity index (χ1) is 21.0. The van der Waals surface area contributed by atoms with Gasteiger partial charge in [0, 0.05) is 24.9 Å². The van der Waals surface area contributed by atoms with Crippen molar-refractivity contribution >= 4 is 29.5 Å². The van der Waals surface area contributed by atoms with Gasteiger partial charge in [0.2, 0.25) is 17.6 Å². The first-order valence-electron chi connectivity index (χ1n) is 14.4. The van der Waals surface area contributed by atoms with Crippen LogP contribution in [0, 0.1) is 23.7 Å². The van der Waals surface area contributed by atoms with Crippen LogP contribution in [0.5, 0.6) is 5.75 Å². The van der Waals surface area contributed by atoms with Gasteiger partial charge in [-0.1, -0.05) is 63.1 Å². The van der Waals surface area contributed by atoms with Crippen molar-refractivity contribution < 1.29 is 38.2 Å². The van der Waals surface area contributed by atoms with Crippen molar-refractivity contribution in [3.05, 3.63) is 77.9 Å². The second-order valence-corrected chi connectivity index (χ2v) is 10.9. The van der Waals surface area contributed by atoms with Gasteiger partial charge in [0.15, 0.2) is 12.2 Å². The SMILES string of the molecule is COc1ccc(C[C@H]2NC(=O)/C=C/C[C@@H](C(=O)C#Cc3ccccc3)OC(=O)[C@H](CC(C)C)OC(=O)[C@@H](C)CNC2=O)cc1. The van der Waals surface area contributed by atoms with E-state index in [9.17, 15) is 24.0 Å². The summed E-state index contributed by atoms with van der Waals surface area (Å²) in [6.07, 6.45) is 0.0552. The maximum atomic E-state index is 13.2. The number of esters is 2. The van der Waals surface area contributed by atoms with Gasteiger partial charge in [-0.2, -0.15) is 0 Å². The van der Waals surface area contributed by atoms with Crippen molar-refractivity contribution in [3.63, 3.8) is 0 Å². The Bertz CT molecular complexity index is 1410. The van der Waals surface area contributed by atoms with Crippen molar-refractivity contribution in [1.29, 1.82) is 0 Å². The molecule has 2 aromatic carbocycles. The minimum Gasteiger partial charge on any atom is -0.497 e. The molecule has 4 atom stereocenters.